The predicted molar refractivity (Wildman–Crippen MR) is 167 cm³/mol. The number of urea groups is 1. The zero-order valence-electron chi connectivity index (χ0n) is 24.3. The molecule has 0 unspecified atom stereocenters. The second-order valence-electron chi connectivity index (χ2n) is 11.0. The number of rotatable bonds is 13. The van der Waals surface area contributed by atoms with Crippen molar-refractivity contribution in [1.29, 1.82) is 0 Å². The van der Waals surface area contributed by atoms with Crippen molar-refractivity contribution in [2.45, 2.75) is 44.8 Å². The van der Waals surface area contributed by atoms with Gasteiger partial charge in [-0.2, -0.15) is 0 Å². The van der Waals surface area contributed by atoms with Gasteiger partial charge in [-0.25, -0.2) is 9.78 Å². The molecule has 0 aliphatic rings. The topological polar surface area (TPSA) is 119 Å². The van der Waals surface area contributed by atoms with Gasteiger partial charge in [-0.1, -0.05) is 98.2 Å². The van der Waals surface area contributed by atoms with Crippen molar-refractivity contribution >= 4 is 29.4 Å². The Bertz CT molecular complexity index is 1460. The Morgan fingerprint density at radius 1 is 0.907 bits per heavy atom. The summed E-state index contributed by atoms with van der Waals surface area (Å²) >= 11 is 6.08. The number of halogens is 1. The van der Waals surface area contributed by atoms with E-state index in [1.54, 1.807) is 18.3 Å². The molecule has 224 valence electrons. The van der Waals surface area contributed by atoms with Crippen LogP contribution in [0.25, 0.3) is 0 Å². The number of aromatic amines is 1. The van der Waals surface area contributed by atoms with Crippen LogP contribution in [0.3, 0.4) is 0 Å². The molecule has 0 aliphatic carbocycles. The first-order chi connectivity index (χ1) is 20.7. The van der Waals surface area contributed by atoms with Crippen molar-refractivity contribution in [3.8, 4) is 0 Å². The summed E-state index contributed by atoms with van der Waals surface area (Å²) in [5.74, 6) is -0.711. The highest BCUT2D eigenvalue weighted by atomic mass is 35.5. The summed E-state index contributed by atoms with van der Waals surface area (Å²) in [6.07, 6.45) is 3.28. The van der Waals surface area contributed by atoms with E-state index in [-0.39, 0.29) is 30.8 Å². The Hall–Kier alpha value is -4.63. The van der Waals surface area contributed by atoms with Crippen LogP contribution < -0.4 is 16.0 Å². The van der Waals surface area contributed by atoms with Crippen LogP contribution >= 0.6 is 11.6 Å². The highest BCUT2D eigenvalue weighted by Crippen LogP contribution is 2.21. The number of benzene rings is 3. The monoisotopic (exact) mass is 600 g/mol. The van der Waals surface area contributed by atoms with Gasteiger partial charge in [0.05, 0.1) is 12.9 Å². The number of imidazole rings is 1. The number of hydrogen-bond acceptors (Lipinski definition) is 4. The minimum absolute atomic E-state index is 0.151. The number of nitrogens with one attached hydrogen (secondary N) is 4. The summed E-state index contributed by atoms with van der Waals surface area (Å²) in [5.41, 5.74) is 3.17. The predicted octanol–water partition coefficient (Wildman–Crippen LogP) is 4.60. The van der Waals surface area contributed by atoms with Gasteiger partial charge in [0.15, 0.2) is 0 Å². The van der Waals surface area contributed by atoms with E-state index in [0.717, 1.165) is 16.7 Å². The van der Waals surface area contributed by atoms with Crippen LogP contribution in [-0.4, -0.2) is 51.8 Å². The minimum atomic E-state index is -0.961. The van der Waals surface area contributed by atoms with Gasteiger partial charge in [0.25, 0.3) is 0 Å². The molecule has 4 N–H and O–H groups in total. The quantitative estimate of drug-likeness (QED) is 0.179. The molecule has 0 saturated heterocycles. The Balaban J connectivity index is 1.49. The maximum Gasteiger partial charge on any atom is 0.315 e. The fourth-order valence-electron chi connectivity index (χ4n) is 4.59. The molecule has 43 heavy (non-hydrogen) atoms. The number of amides is 4. The Morgan fingerprint density at radius 3 is 2.23 bits per heavy atom. The van der Waals surface area contributed by atoms with E-state index >= 15 is 0 Å². The molecule has 0 aliphatic heterocycles. The number of aromatic nitrogens is 2. The molecular formula is C33H37ClN6O3. The summed E-state index contributed by atoms with van der Waals surface area (Å²) in [7, 11) is 0. The van der Waals surface area contributed by atoms with E-state index < -0.39 is 18.0 Å². The maximum atomic E-state index is 14.1. The Labute approximate surface area is 257 Å². The fraction of sp³-hybridized carbons (Fsp3) is 0.273. The number of H-pyrrole nitrogens is 1. The molecule has 0 radical (unpaired) electrons. The lowest BCUT2D eigenvalue weighted by atomic mass is 9.84. The van der Waals surface area contributed by atoms with Crippen molar-refractivity contribution in [3.63, 3.8) is 0 Å². The van der Waals surface area contributed by atoms with Gasteiger partial charge in [0, 0.05) is 48.4 Å². The molecule has 4 rings (SSSR count). The van der Waals surface area contributed by atoms with Crippen LogP contribution in [0.5, 0.6) is 0 Å². The molecule has 10 heteroatoms. The Morgan fingerprint density at radius 2 is 1.58 bits per heavy atom. The van der Waals surface area contributed by atoms with Gasteiger partial charge in [-0.3, -0.25) is 9.59 Å². The number of carbonyl (C=O) groups excluding carboxylic acids is 3. The van der Waals surface area contributed by atoms with Crippen molar-refractivity contribution in [2.75, 3.05) is 13.1 Å². The smallest absolute Gasteiger partial charge is 0.315 e. The zero-order chi connectivity index (χ0) is 30.7. The largest absolute Gasteiger partial charge is 0.354 e. The summed E-state index contributed by atoms with van der Waals surface area (Å²) in [6.45, 7) is 4.75. The molecule has 0 saturated carbocycles. The normalized spacial score (nSPS) is 11.8. The molecule has 0 bridgehead atoms. The maximum absolute atomic E-state index is 14.1. The summed E-state index contributed by atoms with van der Waals surface area (Å²) < 4.78 is 0. The average Bonchev–Trinajstić information content (AvgIpc) is 3.53. The lowest BCUT2D eigenvalue weighted by molar-refractivity contribution is -0.138. The van der Waals surface area contributed by atoms with Gasteiger partial charge >= 0.3 is 6.03 Å². The average molecular weight is 601 g/mol. The van der Waals surface area contributed by atoms with Crippen LogP contribution in [0.4, 0.5) is 4.79 Å². The second kappa shape index (κ2) is 15.0. The lowest BCUT2D eigenvalue weighted by Gasteiger charge is -2.29. The molecule has 1 aromatic heterocycles. The van der Waals surface area contributed by atoms with Crippen molar-refractivity contribution in [3.05, 3.63) is 125 Å². The van der Waals surface area contributed by atoms with Crippen LogP contribution in [0.2, 0.25) is 5.02 Å². The Kier molecular flexibility index (Phi) is 10.9. The molecule has 1 atom stereocenters. The molecule has 9 nitrogen and oxygen atoms in total. The first kappa shape index (κ1) is 31.3. The van der Waals surface area contributed by atoms with E-state index in [2.05, 4.69) is 39.8 Å². The van der Waals surface area contributed by atoms with Gasteiger partial charge in [0.1, 0.15) is 6.04 Å². The van der Waals surface area contributed by atoms with E-state index in [1.165, 1.54) is 11.2 Å². The first-order valence-electron chi connectivity index (χ1n) is 14.1. The third-order valence-electron chi connectivity index (χ3n) is 7.09. The van der Waals surface area contributed by atoms with Gasteiger partial charge in [-0.15, -0.1) is 0 Å². The third-order valence-corrected chi connectivity index (χ3v) is 7.35. The first-order valence-corrected chi connectivity index (χ1v) is 14.5. The van der Waals surface area contributed by atoms with E-state index in [9.17, 15) is 14.4 Å². The standard InChI is InChI=1S/C33H37ClN6O3/c1-33(2,26-11-7-4-8-12-26)22-37-30(41)21-40(20-25-13-15-27(34)16-14-25)31(42)29(17-28-19-35-23-38-28)39-32(43)36-18-24-9-5-3-6-10-24/h3-16,19,23,29H,17-18,20-22H2,1-2H3,(H,35,38)(H,37,41)(H2,36,39,43)/t29-/m0/s1. The minimum Gasteiger partial charge on any atom is -0.354 e. The number of carbonyl (C=O) groups is 3. The van der Waals surface area contributed by atoms with Gasteiger partial charge in [-0.05, 0) is 28.8 Å². The third kappa shape index (κ3) is 9.72. The fourth-order valence-corrected chi connectivity index (χ4v) is 4.71. The molecule has 4 amide bonds. The zero-order valence-corrected chi connectivity index (χ0v) is 25.1. The van der Waals surface area contributed by atoms with E-state index in [4.69, 9.17) is 11.6 Å². The molecule has 1 heterocycles. The van der Waals surface area contributed by atoms with Gasteiger partial charge in [0.2, 0.25) is 11.8 Å². The van der Waals surface area contributed by atoms with Crippen molar-refractivity contribution < 1.29 is 14.4 Å². The molecule has 0 spiro atoms. The van der Waals surface area contributed by atoms with Crippen LogP contribution in [0, 0.1) is 0 Å². The van der Waals surface area contributed by atoms with E-state index in [0.29, 0.717) is 23.8 Å². The summed E-state index contributed by atoms with van der Waals surface area (Å²) in [4.78, 5) is 48.7. The van der Waals surface area contributed by atoms with E-state index in [1.807, 2.05) is 72.8 Å². The van der Waals surface area contributed by atoms with Crippen LogP contribution in [-0.2, 0) is 34.5 Å². The summed E-state index contributed by atoms with van der Waals surface area (Å²) in [6, 6.07) is 25.0. The molecule has 4 aromatic rings. The molecular weight excluding hydrogens is 564 g/mol. The SMILES string of the molecule is CC(C)(CNC(=O)CN(Cc1ccc(Cl)cc1)C(=O)[C@H](Cc1cnc[nH]1)NC(=O)NCc1ccccc1)c1ccccc1. The van der Waals surface area contributed by atoms with Crippen LogP contribution in [0.1, 0.15) is 36.2 Å². The highest BCUT2D eigenvalue weighted by molar-refractivity contribution is 6.30. The van der Waals surface area contributed by atoms with Gasteiger partial charge < -0.3 is 25.8 Å². The van der Waals surface area contributed by atoms with Crippen LogP contribution in [0.15, 0.2) is 97.5 Å². The van der Waals surface area contributed by atoms with Crippen molar-refractivity contribution in [1.82, 2.24) is 30.8 Å². The molecule has 0 fully saturated rings. The second-order valence-corrected chi connectivity index (χ2v) is 11.4. The number of hydrogen-bond donors (Lipinski definition) is 4. The highest BCUT2D eigenvalue weighted by Gasteiger charge is 2.29. The number of nitrogens with zero attached hydrogens (tertiary/aromatic N) is 2. The van der Waals surface area contributed by atoms with Crippen molar-refractivity contribution in [2.24, 2.45) is 0 Å². The lowest BCUT2D eigenvalue weighted by Crippen LogP contribution is -2.54. The summed E-state index contributed by atoms with van der Waals surface area (Å²) in [5, 5.41) is 9.18. The molecule has 3 aromatic carbocycles.